The summed E-state index contributed by atoms with van der Waals surface area (Å²) in [7, 11) is 0. The Morgan fingerprint density at radius 1 is 1.05 bits per heavy atom. The van der Waals surface area contributed by atoms with Gasteiger partial charge in [0.2, 0.25) is 0 Å². The summed E-state index contributed by atoms with van der Waals surface area (Å²) in [6.07, 6.45) is 0. The molecule has 0 spiro atoms. The Hall–Kier alpha value is -2.89. The summed E-state index contributed by atoms with van der Waals surface area (Å²) in [4.78, 5) is 11.0. The fourth-order valence-electron chi connectivity index (χ4n) is 1.67. The molecular formula is C14H12O6. The molecule has 0 aliphatic rings. The molecule has 2 rings (SSSR count). The predicted molar refractivity (Wildman–Crippen MR) is 69.2 cm³/mol. The number of aromatic hydroxyl groups is 3. The van der Waals surface area contributed by atoms with Crippen LogP contribution in [0, 0.1) is 0 Å². The van der Waals surface area contributed by atoms with Gasteiger partial charge in [-0.1, -0.05) is 12.1 Å². The van der Waals surface area contributed by atoms with Crippen LogP contribution in [0.1, 0.15) is 15.9 Å². The molecule has 6 nitrogen and oxygen atoms in total. The van der Waals surface area contributed by atoms with E-state index in [1.165, 1.54) is 24.3 Å². The first-order chi connectivity index (χ1) is 9.49. The predicted octanol–water partition coefficient (Wildman–Crippen LogP) is 2.08. The van der Waals surface area contributed by atoms with Crippen molar-refractivity contribution in [3.8, 4) is 23.0 Å². The van der Waals surface area contributed by atoms with E-state index in [0.717, 1.165) is 0 Å². The minimum absolute atomic E-state index is 0.0136. The van der Waals surface area contributed by atoms with Crippen molar-refractivity contribution in [3.05, 3.63) is 47.5 Å². The van der Waals surface area contributed by atoms with Crippen LogP contribution in [0.3, 0.4) is 0 Å². The summed E-state index contributed by atoms with van der Waals surface area (Å²) in [5, 5.41) is 36.9. The lowest BCUT2D eigenvalue weighted by molar-refractivity contribution is 0.0691. The zero-order valence-electron chi connectivity index (χ0n) is 10.3. The number of carboxylic acid groups (broad SMARTS) is 1. The third kappa shape index (κ3) is 2.74. The van der Waals surface area contributed by atoms with Crippen LogP contribution in [0.25, 0.3) is 0 Å². The summed E-state index contributed by atoms with van der Waals surface area (Å²) < 4.78 is 5.35. The normalized spacial score (nSPS) is 10.2. The lowest BCUT2D eigenvalue weighted by atomic mass is 10.2. The van der Waals surface area contributed by atoms with Crippen molar-refractivity contribution in [2.45, 2.75) is 6.61 Å². The minimum atomic E-state index is -1.11. The molecular weight excluding hydrogens is 264 g/mol. The van der Waals surface area contributed by atoms with Crippen LogP contribution in [0.2, 0.25) is 0 Å². The average Bonchev–Trinajstić information content (AvgIpc) is 2.42. The molecule has 20 heavy (non-hydrogen) atoms. The monoisotopic (exact) mass is 276 g/mol. The molecule has 0 unspecified atom stereocenters. The summed E-state index contributed by atoms with van der Waals surface area (Å²) in [6.45, 7) is -0.0638. The Kier molecular flexibility index (Phi) is 3.65. The molecule has 4 N–H and O–H groups in total. The van der Waals surface area contributed by atoms with Crippen molar-refractivity contribution >= 4 is 5.97 Å². The maximum absolute atomic E-state index is 11.0. The molecule has 0 radical (unpaired) electrons. The van der Waals surface area contributed by atoms with Gasteiger partial charge in [-0.25, -0.2) is 4.79 Å². The summed E-state index contributed by atoms with van der Waals surface area (Å²) in [5.41, 5.74) is 0.401. The molecule has 0 heterocycles. The lowest BCUT2D eigenvalue weighted by Crippen LogP contribution is -2.03. The maximum atomic E-state index is 11.0. The van der Waals surface area contributed by atoms with Gasteiger partial charge in [0.05, 0.1) is 0 Å². The molecule has 0 saturated heterocycles. The molecule has 104 valence electrons. The van der Waals surface area contributed by atoms with Gasteiger partial charge in [0.25, 0.3) is 0 Å². The van der Waals surface area contributed by atoms with Gasteiger partial charge < -0.3 is 25.2 Å². The summed E-state index contributed by atoms with van der Waals surface area (Å²) >= 11 is 0. The second-order valence-corrected chi connectivity index (χ2v) is 4.07. The standard InChI is InChI=1S/C14H12O6/c15-10-5-8(6-11(16)13(10)17)7-20-12-4-2-1-3-9(12)14(18)19/h1-6,15-17H,7H2,(H,18,19). The summed E-state index contributed by atoms with van der Waals surface area (Å²) in [5.74, 6) is -2.51. The van der Waals surface area contributed by atoms with Crippen LogP contribution in [0.5, 0.6) is 23.0 Å². The van der Waals surface area contributed by atoms with Crippen molar-refractivity contribution in [3.63, 3.8) is 0 Å². The highest BCUT2D eigenvalue weighted by molar-refractivity contribution is 5.90. The number of benzene rings is 2. The molecule has 0 aliphatic heterocycles. The largest absolute Gasteiger partial charge is 0.504 e. The topological polar surface area (TPSA) is 107 Å². The van der Waals surface area contributed by atoms with Crippen molar-refractivity contribution < 1.29 is 30.0 Å². The van der Waals surface area contributed by atoms with Crippen molar-refractivity contribution in [2.75, 3.05) is 0 Å². The van der Waals surface area contributed by atoms with Crippen LogP contribution >= 0.6 is 0 Å². The van der Waals surface area contributed by atoms with Gasteiger partial charge in [-0.15, -0.1) is 0 Å². The van der Waals surface area contributed by atoms with Gasteiger partial charge in [0, 0.05) is 0 Å². The Bertz CT molecular complexity index is 627. The smallest absolute Gasteiger partial charge is 0.339 e. The SMILES string of the molecule is O=C(O)c1ccccc1OCc1cc(O)c(O)c(O)c1. The van der Waals surface area contributed by atoms with E-state index in [0.29, 0.717) is 5.56 Å². The first-order valence-corrected chi connectivity index (χ1v) is 5.68. The van der Waals surface area contributed by atoms with Gasteiger partial charge in [0.15, 0.2) is 17.2 Å². The number of para-hydroxylation sites is 1. The van der Waals surface area contributed by atoms with Crippen molar-refractivity contribution in [1.82, 2.24) is 0 Å². The lowest BCUT2D eigenvalue weighted by Gasteiger charge is -2.10. The van der Waals surface area contributed by atoms with Crippen LogP contribution in [0.4, 0.5) is 0 Å². The minimum Gasteiger partial charge on any atom is -0.504 e. The van der Waals surface area contributed by atoms with E-state index >= 15 is 0 Å². The van der Waals surface area contributed by atoms with Gasteiger partial charge >= 0.3 is 5.97 Å². The zero-order valence-corrected chi connectivity index (χ0v) is 10.3. The second-order valence-electron chi connectivity index (χ2n) is 4.07. The van der Waals surface area contributed by atoms with E-state index < -0.39 is 23.2 Å². The molecule has 0 amide bonds. The Morgan fingerprint density at radius 3 is 2.25 bits per heavy atom. The molecule has 0 atom stereocenters. The first-order valence-electron chi connectivity index (χ1n) is 5.68. The van der Waals surface area contributed by atoms with Crippen LogP contribution in [-0.4, -0.2) is 26.4 Å². The van der Waals surface area contributed by atoms with Crippen molar-refractivity contribution in [2.24, 2.45) is 0 Å². The zero-order chi connectivity index (χ0) is 14.7. The molecule has 0 aromatic heterocycles. The number of rotatable bonds is 4. The van der Waals surface area contributed by atoms with Crippen LogP contribution < -0.4 is 4.74 Å². The van der Waals surface area contributed by atoms with Gasteiger partial charge in [0.1, 0.15) is 17.9 Å². The average molecular weight is 276 g/mol. The third-order valence-corrected chi connectivity index (χ3v) is 2.64. The number of hydrogen-bond donors (Lipinski definition) is 4. The Balaban J connectivity index is 2.19. The molecule has 2 aromatic carbocycles. The number of phenols is 3. The fraction of sp³-hybridized carbons (Fsp3) is 0.0714. The quantitative estimate of drug-likeness (QED) is 0.637. The highest BCUT2D eigenvalue weighted by Gasteiger charge is 2.12. The number of carbonyl (C=O) groups is 1. The van der Waals surface area contributed by atoms with E-state index in [1.807, 2.05) is 0 Å². The first kappa shape index (κ1) is 13.5. The number of hydrogen-bond acceptors (Lipinski definition) is 5. The van der Waals surface area contributed by atoms with Gasteiger partial charge in [-0.3, -0.25) is 0 Å². The van der Waals surface area contributed by atoms with Gasteiger partial charge in [-0.05, 0) is 29.8 Å². The maximum Gasteiger partial charge on any atom is 0.339 e. The number of phenolic OH excluding ortho intramolecular Hbond substituents is 3. The van der Waals surface area contributed by atoms with E-state index in [-0.39, 0.29) is 17.9 Å². The van der Waals surface area contributed by atoms with E-state index in [1.54, 1.807) is 12.1 Å². The third-order valence-electron chi connectivity index (χ3n) is 2.64. The van der Waals surface area contributed by atoms with Crippen LogP contribution in [-0.2, 0) is 6.61 Å². The van der Waals surface area contributed by atoms with Crippen molar-refractivity contribution in [1.29, 1.82) is 0 Å². The van der Waals surface area contributed by atoms with Gasteiger partial charge in [-0.2, -0.15) is 0 Å². The highest BCUT2D eigenvalue weighted by atomic mass is 16.5. The number of carboxylic acids is 1. The number of ether oxygens (including phenoxy) is 1. The molecule has 2 aromatic rings. The van der Waals surface area contributed by atoms with E-state index in [9.17, 15) is 20.1 Å². The summed E-state index contributed by atoms with van der Waals surface area (Å²) in [6, 6.07) is 8.56. The Labute approximate surface area is 114 Å². The molecule has 6 heteroatoms. The van der Waals surface area contributed by atoms with E-state index in [2.05, 4.69) is 0 Å². The molecule has 0 fully saturated rings. The highest BCUT2D eigenvalue weighted by Crippen LogP contribution is 2.35. The molecule has 0 aliphatic carbocycles. The fourth-order valence-corrected chi connectivity index (χ4v) is 1.67. The molecule has 0 saturated carbocycles. The van der Waals surface area contributed by atoms with Crippen LogP contribution in [0.15, 0.2) is 36.4 Å². The molecule has 0 bridgehead atoms. The number of aromatic carboxylic acids is 1. The second kappa shape index (κ2) is 5.40. The Morgan fingerprint density at radius 2 is 1.65 bits per heavy atom. The van der Waals surface area contributed by atoms with E-state index in [4.69, 9.17) is 9.84 Å².